The van der Waals surface area contributed by atoms with Gasteiger partial charge in [0.15, 0.2) is 0 Å². The summed E-state index contributed by atoms with van der Waals surface area (Å²) in [6, 6.07) is 8.16. The number of hydrogen-bond acceptors (Lipinski definition) is 3. The molecule has 0 radical (unpaired) electrons. The van der Waals surface area contributed by atoms with Crippen LogP contribution in [0.4, 0.5) is 0 Å². The van der Waals surface area contributed by atoms with Gasteiger partial charge in [0, 0.05) is 32.7 Å². The predicted molar refractivity (Wildman–Crippen MR) is 74.8 cm³/mol. The number of rotatable bonds is 5. The predicted octanol–water partition coefficient (Wildman–Crippen LogP) is 0.834. The molecule has 2 N–H and O–H groups in total. The number of hydrogen-bond donors (Lipinski definition) is 1. The maximum absolute atomic E-state index is 12.4. The summed E-state index contributed by atoms with van der Waals surface area (Å²) in [6.07, 6.45) is 1.69. The Morgan fingerprint density at radius 3 is 2.53 bits per heavy atom. The van der Waals surface area contributed by atoms with Crippen LogP contribution < -0.4 is 5.73 Å². The van der Waals surface area contributed by atoms with Crippen molar-refractivity contribution in [1.82, 2.24) is 4.90 Å². The molecule has 1 aliphatic carbocycles. The molecule has 1 aromatic rings. The Morgan fingerprint density at radius 1 is 1.42 bits per heavy atom. The summed E-state index contributed by atoms with van der Waals surface area (Å²) in [5.41, 5.74) is 8.49. The maximum Gasteiger partial charge on any atom is 0.226 e. The number of benzene rings is 1. The highest BCUT2D eigenvalue weighted by Gasteiger charge is 2.29. The normalized spacial score (nSPS) is 16.2. The lowest BCUT2D eigenvalue weighted by Crippen LogP contribution is -2.43. The molecule has 0 spiro atoms. The smallest absolute Gasteiger partial charge is 0.226 e. The first-order chi connectivity index (χ1) is 9.11. The van der Waals surface area contributed by atoms with Gasteiger partial charge in [-0.25, -0.2) is 0 Å². The van der Waals surface area contributed by atoms with Crippen molar-refractivity contribution in [2.24, 2.45) is 11.7 Å². The molecule has 1 aromatic carbocycles. The van der Waals surface area contributed by atoms with Gasteiger partial charge in [0.05, 0.1) is 6.61 Å². The lowest BCUT2D eigenvalue weighted by Gasteiger charge is -2.24. The van der Waals surface area contributed by atoms with Crippen molar-refractivity contribution in [3.8, 4) is 0 Å². The van der Waals surface area contributed by atoms with E-state index in [-0.39, 0.29) is 17.9 Å². The van der Waals surface area contributed by atoms with Gasteiger partial charge in [-0.05, 0) is 24.0 Å². The van der Waals surface area contributed by atoms with Crippen LogP contribution in [0.5, 0.6) is 0 Å². The summed E-state index contributed by atoms with van der Waals surface area (Å²) >= 11 is 0. The minimum atomic E-state index is -0.122. The molecule has 0 fully saturated rings. The lowest BCUT2D eigenvalue weighted by molar-refractivity contribution is -0.134. The minimum absolute atomic E-state index is 0.0668. The highest BCUT2D eigenvalue weighted by molar-refractivity contribution is 5.80. The molecule has 19 heavy (non-hydrogen) atoms. The van der Waals surface area contributed by atoms with E-state index in [0.29, 0.717) is 13.2 Å². The molecule has 0 heterocycles. The summed E-state index contributed by atoms with van der Waals surface area (Å²) in [6.45, 7) is 1.02. The molecule has 0 saturated heterocycles. The molecule has 0 bridgehead atoms. The molecule has 1 aliphatic rings. The number of methoxy groups -OCH3 is 1. The van der Waals surface area contributed by atoms with E-state index < -0.39 is 0 Å². The van der Waals surface area contributed by atoms with Gasteiger partial charge >= 0.3 is 0 Å². The molecule has 1 atom stereocenters. The Labute approximate surface area is 114 Å². The van der Waals surface area contributed by atoms with Crippen LogP contribution in [0.3, 0.4) is 0 Å². The molecule has 4 heteroatoms. The van der Waals surface area contributed by atoms with E-state index in [1.165, 1.54) is 11.1 Å². The second-order valence-electron chi connectivity index (χ2n) is 5.31. The van der Waals surface area contributed by atoms with Crippen LogP contribution >= 0.6 is 0 Å². The first kappa shape index (κ1) is 14.0. The van der Waals surface area contributed by atoms with Gasteiger partial charge in [-0.15, -0.1) is 0 Å². The van der Waals surface area contributed by atoms with Crippen LogP contribution in [0.15, 0.2) is 24.3 Å². The van der Waals surface area contributed by atoms with Crippen molar-refractivity contribution in [3.63, 3.8) is 0 Å². The average Bonchev–Trinajstić information content (AvgIpc) is 2.81. The summed E-state index contributed by atoms with van der Waals surface area (Å²) in [7, 11) is 3.44. The Balaban J connectivity index is 1.91. The zero-order valence-corrected chi connectivity index (χ0v) is 11.6. The highest BCUT2D eigenvalue weighted by Crippen LogP contribution is 2.27. The Morgan fingerprint density at radius 2 is 2.00 bits per heavy atom. The average molecular weight is 262 g/mol. The van der Waals surface area contributed by atoms with E-state index >= 15 is 0 Å². The van der Waals surface area contributed by atoms with Gasteiger partial charge in [0.1, 0.15) is 0 Å². The van der Waals surface area contributed by atoms with Gasteiger partial charge in [-0.3, -0.25) is 4.79 Å². The van der Waals surface area contributed by atoms with Crippen LogP contribution in [0.1, 0.15) is 11.1 Å². The largest absolute Gasteiger partial charge is 0.383 e. The maximum atomic E-state index is 12.4. The van der Waals surface area contributed by atoms with E-state index in [9.17, 15) is 4.79 Å². The monoisotopic (exact) mass is 262 g/mol. The van der Waals surface area contributed by atoms with Gasteiger partial charge in [0.2, 0.25) is 5.91 Å². The third-order valence-electron chi connectivity index (χ3n) is 3.67. The van der Waals surface area contributed by atoms with E-state index in [1.807, 2.05) is 19.2 Å². The number of nitrogens with zero attached hydrogens (tertiary/aromatic N) is 1. The standard InChI is InChI=1S/C15H22N2O2/c1-17(9-14(16)10-19-2)15(18)13-7-11-5-3-4-6-12(11)8-13/h3-6,13-14H,7-10,16H2,1-2H3. The second kappa shape index (κ2) is 6.17. The first-order valence-corrected chi connectivity index (χ1v) is 6.68. The quantitative estimate of drug-likeness (QED) is 0.855. The number of likely N-dealkylation sites (N-methyl/N-ethyl adjacent to an activating group) is 1. The van der Waals surface area contributed by atoms with Crippen molar-refractivity contribution in [2.75, 3.05) is 27.3 Å². The van der Waals surface area contributed by atoms with Crippen molar-refractivity contribution < 1.29 is 9.53 Å². The minimum Gasteiger partial charge on any atom is -0.383 e. The molecule has 2 rings (SSSR count). The SMILES string of the molecule is COCC(N)CN(C)C(=O)C1Cc2ccccc2C1. The van der Waals surface area contributed by atoms with E-state index in [1.54, 1.807) is 12.0 Å². The number of ether oxygens (including phenoxy) is 1. The molecule has 0 aromatic heterocycles. The Hall–Kier alpha value is -1.39. The van der Waals surface area contributed by atoms with Gasteiger partial charge in [-0.2, -0.15) is 0 Å². The van der Waals surface area contributed by atoms with Crippen LogP contribution in [-0.4, -0.2) is 44.2 Å². The van der Waals surface area contributed by atoms with Crippen molar-refractivity contribution >= 4 is 5.91 Å². The summed E-state index contributed by atoms with van der Waals surface area (Å²) in [5, 5.41) is 0. The molecule has 4 nitrogen and oxygen atoms in total. The van der Waals surface area contributed by atoms with Gasteiger partial charge in [-0.1, -0.05) is 24.3 Å². The fourth-order valence-corrected chi connectivity index (χ4v) is 2.75. The number of amides is 1. The topological polar surface area (TPSA) is 55.6 Å². The fraction of sp³-hybridized carbons (Fsp3) is 0.533. The molecule has 104 valence electrons. The Bertz CT molecular complexity index is 423. The van der Waals surface area contributed by atoms with Crippen LogP contribution in [0.2, 0.25) is 0 Å². The third kappa shape index (κ3) is 3.33. The zero-order valence-electron chi connectivity index (χ0n) is 11.6. The lowest BCUT2D eigenvalue weighted by atomic mass is 10.0. The van der Waals surface area contributed by atoms with Crippen molar-refractivity contribution in [1.29, 1.82) is 0 Å². The fourth-order valence-electron chi connectivity index (χ4n) is 2.75. The highest BCUT2D eigenvalue weighted by atomic mass is 16.5. The molecule has 1 unspecified atom stereocenters. The Kier molecular flexibility index (Phi) is 4.56. The molecular formula is C15H22N2O2. The zero-order chi connectivity index (χ0) is 13.8. The van der Waals surface area contributed by atoms with Crippen molar-refractivity contribution in [2.45, 2.75) is 18.9 Å². The number of carbonyl (C=O) groups excluding carboxylic acids is 1. The van der Waals surface area contributed by atoms with Gasteiger partial charge in [0.25, 0.3) is 0 Å². The van der Waals surface area contributed by atoms with E-state index in [0.717, 1.165) is 12.8 Å². The van der Waals surface area contributed by atoms with E-state index in [2.05, 4.69) is 12.1 Å². The second-order valence-corrected chi connectivity index (χ2v) is 5.31. The number of fused-ring (bicyclic) bond motifs is 1. The summed E-state index contributed by atoms with van der Waals surface area (Å²) in [4.78, 5) is 14.1. The van der Waals surface area contributed by atoms with Crippen molar-refractivity contribution in [3.05, 3.63) is 35.4 Å². The molecule has 1 amide bonds. The molecule has 0 aliphatic heterocycles. The van der Waals surface area contributed by atoms with Crippen LogP contribution in [-0.2, 0) is 22.4 Å². The molecule has 0 saturated carbocycles. The number of nitrogens with two attached hydrogens (primary N) is 1. The van der Waals surface area contributed by atoms with E-state index in [4.69, 9.17) is 10.5 Å². The number of carbonyl (C=O) groups is 1. The van der Waals surface area contributed by atoms with Gasteiger partial charge < -0.3 is 15.4 Å². The summed E-state index contributed by atoms with van der Waals surface area (Å²) < 4.78 is 5.00. The first-order valence-electron chi connectivity index (χ1n) is 6.68. The summed E-state index contributed by atoms with van der Waals surface area (Å²) in [5.74, 6) is 0.250. The van der Waals surface area contributed by atoms with Crippen LogP contribution in [0, 0.1) is 5.92 Å². The molecular weight excluding hydrogens is 240 g/mol. The third-order valence-corrected chi connectivity index (χ3v) is 3.67. The van der Waals surface area contributed by atoms with Crippen LogP contribution in [0.25, 0.3) is 0 Å².